The zero-order valence-electron chi connectivity index (χ0n) is 9.94. The van der Waals surface area contributed by atoms with Gasteiger partial charge in [0, 0.05) is 0 Å². The maximum absolute atomic E-state index is 2.31. The summed E-state index contributed by atoms with van der Waals surface area (Å²) in [5.41, 5.74) is 0. The summed E-state index contributed by atoms with van der Waals surface area (Å²) in [7, 11) is 0. The molecule has 13 heavy (non-hydrogen) atoms. The van der Waals surface area contributed by atoms with Gasteiger partial charge in [-0.15, -0.1) is 0 Å². The summed E-state index contributed by atoms with van der Waals surface area (Å²) in [6.45, 7) is 4.60. The quantitative estimate of drug-likeness (QED) is 0.376. The standard InChI is InChI=1S/C12H25.Na/c1-4-6-8-9-11-12(3)10-7-5-2;/h12H,3-11H2,1-2H3;. The Bertz CT molecular complexity index is 91.1. The molecule has 0 aliphatic heterocycles. The molecule has 1 atom stereocenters. The van der Waals surface area contributed by atoms with Gasteiger partial charge >= 0.3 is 103 Å². The fourth-order valence-corrected chi connectivity index (χ4v) is 2.72. The molecule has 0 aliphatic rings. The summed E-state index contributed by atoms with van der Waals surface area (Å²) in [4.78, 5) is 0. The third-order valence-corrected chi connectivity index (χ3v) is 4.16. The van der Waals surface area contributed by atoms with Gasteiger partial charge in [-0.2, -0.15) is 0 Å². The molecular weight excluding hydrogens is 167 g/mol. The van der Waals surface area contributed by atoms with E-state index < -0.39 is 0 Å². The van der Waals surface area contributed by atoms with Crippen molar-refractivity contribution in [3.63, 3.8) is 0 Å². The Labute approximate surface area is 102 Å². The van der Waals surface area contributed by atoms with Crippen LogP contribution in [0.3, 0.4) is 0 Å². The number of rotatable bonds is 9. The summed E-state index contributed by atoms with van der Waals surface area (Å²) in [6, 6.07) is 0. The molecule has 0 N–H and O–H groups in total. The monoisotopic (exact) mass is 192 g/mol. The van der Waals surface area contributed by atoms with Gasteiger partial charge in [0.2, 0.25) is 0 Å². The molecule has 1 heteroatoms. The van der Waals surface area contributed by atoms with Crippen LogP contribution in [0.1, 0.15) is 65.2 Å². The summed E-state index contributed by atoms with van der Waals surface area (Å²) >= 11 is 1.41. The molecule has 0 saturated carbocycles. The second kappa shape index (κ2) is 11.1. The van der Waals surface area contributed by atoms with Crippen LogP contribution < -0.4 is 0 Å². The summed E-state index contributed by atoms with van der Waals surface area (Å²) in [5.74, 6) is 1.09. The third-order valence-electron chi connectivity index (χ3n) is 3.01. The predicted molar refractivity (Wildman–Crippen MR) is 62.3 cm³/mol. The van der Waals surface area contributed by atoms with Gasteiger partial charge in [-0.05, 0) is 0 Å². The molecule has 0 aromatic heterocycles. The van der Waals surface area contributed by atoms with E-state index in [0.717, 1.165) is 5.92 Å². The molecule has 1 unspecified atom stereocenters. The van der Waals surface area contributed by atoms with Crippen molar-refractivity contribution in [2.24, 2.45) is 5.92 Å². The van der Waals surface area contributed by atoms with E-state index in [1.54, 1.807) is 0 Å². The molecule has 0 fully saturated rings. The fourth-order valence-electron chi connectivity index (χ4n) is 1.91. The van der Waals surface area contributed by atoms with Crippen LogP contribution in [-0.2, 0) is 0 Å². The van der Waals surface area contributed by atoms with Crippen molar-refractivity contribution < 1.29 is 0 Å². The first-order valence-corrected chi connectivity index (χ1v) is 7.76. The SMILES string of the molecule is CCCCCCC([CH2][Na])CCCC. The Morgan fingerprint density at radius 3 is 2.00 bits per heavy atom. The molecule has 0 rings (SSSR count). The first-order chi connectivity index (χ1) is 6.35. The van der Waals surface area contributed by atoms with Crippen LogP contribution in [0, 0.1) is 5.92 Å². The van der Waals surface area contributed by atoms with Crippen molar-refractivity contribution in [1.82, 2.24) is 0 Å². The molecule has 0 bridgehead atoms. The van der Waals surface area contributed by atoms with E-state index in [9.17, 15) is 0 Å². The normalized spacial score (nSPS) is 13.2. The molecular formula is C12H25Na. The number of hydrogen-bond acceptors (Lipinski definition) is 0. The average molecular weight is 192 g/mol. The summed E-state index contributed by atoms with van der Waals surface area (Å²) < 4.78 is 1.53. The van der Waals surface area contributed by atoms with Gasteiger partial charge in [0.1, 0.15) is 0 Å². The van der Waals surface area contributed by atoms with Gasteiger partial charge in [0.25, 0.3) is 0 Å². The van der Waals surface area contributed by atoms with Gasteiger partial charge in [0.15, 0.2) is 0 Å². The zero-order valence-corrected chi connectivity index (χ0v) is 11.9. The van der Waals surface area contributed by atoms with Crippen molar-refractivity contribution in [3.8, 4) is 0 Å². The van der Waals surface area contributed by atoms with Crippen molar-refractivity contribution in [2.75, 3.05) is 0 Å². The van der Waals surface area contributed by atoms with Crippen LogP contribution in [0.4, 0.5) is 0 Å². The number of hydrogen-bond donors (Lipinski definition) is 0. The molecule has 0 aromatic rings. The Morgan fingerprint density at radius 2 is 1.46 bits per heavy atom. The van der Waals surface area contributed by atoms with E-state index in [4.69, 9.17) is 0 Å². The Morgan fingerprint density at radius 1 is 0.846 bits per heavy atom. The van der Waals surface area contributed by atoms with Crippen molar-refractivity contribution in [3.05, 3.63) is 0 Å². The maximum atomic E-state index is 2.31. The Balaban J connectivity index is 3.25. The molecule has 0 aromatic carbocycles. The molecule has 0 spiro atoms. The van der Waals surface area contributed by atoms with Crippen LogP contribution >= 0.6 is 0 Å². The van der Waals surface area contributed by atoms with Gasteiger partial charge in [-0.1, -0.05) is 0 Å². The average Bonchev–Trinajstić information content (AvgIpc) is 2.17. The molecule has 0 saturated heterocycles. The van der Waals surface area contributed by atoms with Crippen LogP contribution in [0.2, 0.25) is 3.67 Å². The first-order valence-electron chi connectivity index (χ1n) is 6.35. The van der Waals surface area contributed by atoms with Crippen LogP contribution in [0.5, 0.6) is 0 Å². The van der Waals surface area contributed by atoms with Gasteiger partial charge in [0.05, 0.1) is 0 Å². The summed E-state index contributed by atoms with van der Waals surface area (Å²) in [6.07, 6.45) is 11.6. The Kier molecular flexibility index (Phi) is 11.9. The Hall–Kier alpha value is 1.00. The van der Waals surface area contributed by atoms with E-state index in [2.05, 4.69) is 13.8 Å². The molecule has 0 radical (unpaired) electrons. The molecule has 0 aliphatic carbocycles. The molecule has 0 nitrogen and oxygen atoms in total. The van der Waals surface area contributed by atoms with E-state index >= 15 is 0 Å². The second-order valence-corrected chi connectivity index (χ2v) is 5.08. The second-order valence-electron chi connectivity index (χ2n) is 4.27. The van der Waals surface area contributed by atoms with Gasteiger partial charge < -0.3 is 0 Å². The van der Waals surface area contributed by atoms with E-state index in [1.807, 2.05) is 0 Å². The van der Waals surface area contributed by atoms with Gasteiger partial charge in [-0.3, -0.25) is 0 Å². The first kappa shape index (κ1) is 14.0. The fraction of sp³-hybridized carbons (Fsp3) is 1.00. The van der Waals surface area contributed by atoms with E-state index in [0.29, 0.717) is 0 Å². The minimum atomic E-state index is 1.09. The van der Waals surface area contributed by atoms with Crippen LogP contribution in [0.15, 0.2) is 0 Å². The summed E-state index contributed by atoms with van der Waals surface area (Å²) in [5, 5.41) is 0. The zero-order chi connectivity index (χ0) is 9.94. The third kappa shape index (κ3) is 9.31. The molecule has 74 valence electrons. The van der Waals surface area contributed by atoms with Gasteiger partial charge in [-0.25, -0.2) is 0 Å². The van der Waals surface area contributed by atoms with Crippen LogP contribution in [0.25, 0.3) is 0 Å². The number of unbranched alkanes of at least 4 members (excludes halogenated alkanes) is 4. The molecule has 0 amide bonds. The molecule has 0 heterocycles. The minimum absolute atomic E-state index is 1.09. The van der Waals surface area contributed by atoms with E-state index in [1.165, 1.54) is 83.0 Å². The van der Waals surface area contributed by atoms with Crippen LogP contribution in [-0.4, -0.2) is 27.9 Å². The predicted octanol–water partition coefficient (Wildman–Crippen LogP) is 4.35. The topological polar surface area (TPSA) is 0 Å². The van der Waals surface area contributed by atoms with Crippen molar-refractivity contribution >= 4 is 27.9 Å². The van der Waals surface area contributed by atoms with Crippen molar-refractivity contribution in [1.29, 1.82) is 0 Å². The van der Waals surface area contributed by atoms with E-state index in [-0.39, 0.29) is 0 Å². The van der Waals surface area contributed by atoms with Crippen molar-refractivity contribution in [2.45, 2.75) is 68.9 Å².